The standard InChI is InChI=1S/C41H49N5O5/c1-30-22-24-43-34(26-30)12-6-9-15-40(48)44-29-35(47)27-33(28-41(49)50)31-16-18-32(19-17-31)36-20-21-39(38-14-8-7-13-37(36)38)51-25-11-5-3-2-4-10-23-45-46-42/h7-8,13-14,16-22,24,26,33H,2-6,9-12,15,23,25,27-29H2,1H3,(H,44,48)(H,49,50)/t33-/m0/s1. The van der Waals surface area contributed by atoms with Gasteiger partial charge < -0.3 is 15.2 Å². The first-order chi connectivity index (χ1) is 24.8. The SMILES string of the molecule is Cc1ccnc(CCCCC(=O)NCC(=O)C[C@@H](CC(=O)O)c2ccc(-c3ccc(OCCCCCCCCN=[N+]=[N-])c4ccccc34)cc2)c1. The number of carboxylic acid groups (broad SMARTS) is 1. The van der Waals surface area contributed by atoms with Gasteiger partial charge in [0.1, 0.15) is 5.75 Å². The van der Waals surface area contributed by atoms with Crippen molar-refractivity contribution in [1.29, 1.82) is 0 Å². The third-order valence-corrected chi connectivity index (χ3v) is 8.99. The summed E-state index contributed by atoms with van der Waals surface area (Å²) >= 11 is 0. The van der Waals surface area contributed by atoms with Crippen LogP contribution in [-0.4, -0.2) is 47.4 Å². The summed E-state index contributed by atoms with van der Waals surface area (Å²) in [7, 11) is 0. The monoisotopic (exact) mass is 691 g/mol. The normalized spacial score (nSPS) is 11.5. The second-order valence-electron chi connectivity index (χ2n) is 13.0. The van der Waals surface area contributed by atoms with Gasteiger partial charge in [-0.1, -0.05) is 85.4 Å². The summed E-state index contributed by atoms with van der Waals surface area (Å²) in [4.78, 5) is 44.1. The van der Waals surface area contributed by atoms with Gasteiger partial charge in [-0.15, -0.1) is 0 Å². The third-order valence-electron chi connectivity index (χ3n) is 8.99. The van der Waals surface area contributed by atoms with Crippen molar-refractivity contribution in [2.45, 2.75) is 89.9 Å². The molecule has 0 spiro atoms. The molecule has 4 rings (SSSR count). The molecule has 0 aliphatic carbocycles. The number of hydrogen-bond donors (Lipinski definition) is 2. The van der Waals surface area contributed by atoms with Gasteiger partial charge in [0.15, 0.2) is 5.78 Å². The highest BCUT2D eigenvalue weighted by Gasteiger charge is 2.20. The van der Waals surface area contributed by atoms with Gasteiger partial charge in [-0.3, -0.25) is 19.4 Å². The van der Waals surface area contributed by atoms with E-state index in [0.29, 0.717) is 26.0 Å². The Morgan fingerprint density at radius 2 is 1.63 bits per heavy atom. The number of ketones is 1. The fraction of sp³-hybridized carbons (Fsp3) is 0.415. The molecule has 0 radical (unpaired) electrons. The summed E-state index contributed by atoms with van der Waals surface area (Å²) in [5, 5.41) is 18.0. The molecule has 1 aromatic heterocycles. The molecule has 0 unspecified atom stereocenters. The molecule has 1 amide bonds. The van der Waals surface area contributed by atoms with Gasteiger partial charge in [0, 0.05) is 47.5 Å². The highest BCUT2D eigenvalue weighted by molar-refractivity contribution is 6.00. The average Bonchev–Trinajstić information content (AvgIpc) is 3.13. The van der Waals surface area contributed by atoms with Crippen LogP contribution in [0.15, 0.2) is 84.1 Å². The fourth-order valence-corrected chi connectivity index (χ4v) is 6.28. The fourth-order valence-electron chi connectivity index (χ4n) is 6.28. The van der Waals surface area contributed by atoms with Crippen molar-refractivity contribution in [3.05, 3.63) is 106 Å². The Morgan fingerprint density at radius 1 is 0.882 bits per heavy atom. The van der Waals surface area contributed by atoms with Crippen LogP contribution >= 0.6 is 0 Å². The zero-order valence-electron chi connectivity index (χ0n) is 29.6. The van der Waals surface area contributed by atoms with Crippen molar-refractivity contribution in [3.63, 3.8) is 0 Å². The molecule has 3 aromatic carbocycles. The summed E-state index contributed by atoms with van der Waals surface area (Å²) in [6, 6.07) is 23.9. The molecule has 4 aromatic rings. The minimum Gasteiger partial charge on any atom is -0.493 e. The summed E-state index contributed by atoms with van der Waals surface area (Å²) in [5.74, 6) is -1.03. The number of unbranched alkanes of at least 4 members (excludes halogenated alkanes) is 6. The number of aromatic nitrogens is 1. The van der Waals surface area contributed by atoms with Crippen molar-refractivity contribution in [3.8, 4) is 16.9 Å². The number of benzene rings is 3. The second kappa shape index (κ2) is 21.1. The summed E-state index contributed by atoms with van der Waals surface area (Å²) in [5.41, 5.74) is 13.3. The number of azide groups is 1. The molecule has 0 saturated heterocycles. The number of aliphatic carboxylic acids is 1. The van der Waals surface area contributed by atoms with Crippen molar-refractivity contribution < 1.29 is 24.2 Å². The van der Waals surface area contributed by atoms with Gasteiger partial charge in [0.25, 0.3) is 0 Å². The molecule has 268 valence electrons. The molecule has 0 fully saturated rings. The van der Waals surface area contributed by atoms with Gasteiger partial charge in [-0.25, -0.2) is 0 Å². The number of hydrogen-bond acceptors (Lipinski definition) is 6. The maximum absolute atomic E-state index is 12.9. The van der Waals surface area contributed by atoms with Crippen LogP contribution in [0.5, 0.6) is 5.75 Å². The summed E-state index contributed by atoms with van der Waals surface area (Å²) in [6.07, 6.45) is 10.6. The van der Waals surface area contributed by atoms with Crippen LogP contribution in [-0.2, 0) is 20.8 Å². The van der Waals surface area contributed by atoms with E-state index in [-0.39, 0.29) is 31.1 Å². The van der Waals surface area contributed by atoms with Crippen molar-refractivity contribution in [2.24, 2.45) is 5.11 Å². The predicted molar refractivity (Wildman–Crippen MR) is 201 cm³/mol. The van der Waals surface area contributed by atoms with Crippen LogP contribution in [0.4, 0.5) is 0 Å². The topological polar surface area (TPSA) is 154 Å². The Bertz CT molecular complexity index is 1790. The first kappa shape index (κ1) is 38.6. The molecular formula is C41H49N5O5. The number of aryl methyl sites for hydroxylation is 2. The number of pyridine rings is 1. The maximum atomic E-state index is 12.9. The highest BCUT2D eigenvalue weighted by atomic mass is 16.5. The molecule has 1 heterocycles. The number of nitrogens with zero attached hydrogens (tertiary/aromatic N) is 4. The lowest BCUT2D eigenvalue weighted by atomic mass is 9.89. The van der Waals surface area contributed by atoms with Gasteiger partial charge >= 0.3 is 5.97 Å². The molecule has 1 atom stereocenters. The number of amides is 1. The van der Waals surface area contributed by atoms with Gasteiger partial charge in [0.05, 0.1) is 19.6 Å². The summed E-state index contributed by atoms with van der Waals surface area (Å²) < 4.78 is 6.20. The van der Waals surface area contributed by atoms with E-state index in [2.05, 4.69) is 38.5 Å². The van der Waals surface area contributed by atoms with Crippen LogP contribution < -0.4 is 10.1 Å². The molecule has 0 aliphatic heterocycles. The lowest BCUT2D eigenvalue weighted by Gasteiger charge is -2.17. The number of ether oxygens (including phenoxy) is 1. The lowest BCUT2D eigenvalue weighted by Crippen LogP contribution is -2.30. The average molecular weight is 692 g/mol. The minimum atomic E-state index is -0.979. The predicted octanol–water partition coefficient (Wildman–Crippen LogP) is 9.29. The smallest absolute Gasteiger partial charge is 0.303 e. The molecule has 10 nitrogen and oxygen atoms in total. The minimum absolute atomic E-state index is 0.0251. The van der Waals surface area contributed by atoms with E-state index in [1.807, 2.05) is 61.5 Å². The Balaban J connectivity index is 1.28. The van der Waals surface area contributed by atoms with Crippen molar-refractivity contribution in [2.75, 3.05) is 19.7 Å². The van der Waals surface area contributed by atoms with E-state index in [1.54, 1.807) is 6.20 Å². The number of carbonyl (C=O) groups is 3. The number of carbonyl (C=O) groups excluding carboxylic acids is 2. The van der Waals surface area contributed by atoms with Crippen molar-refractivity contribution in [1.82, 2.24) is 10.3 Å². The molecule has 51 heavy (non-hydrogen) atoms. The van der Waals surface area contributed by atoms with Crippen LogP contribution in [0.1, 0.15) is 93.4 Å². The first-order valence-corrected chi connectivity index (χ1v) is 18.0. The van der Waals surface area contributed by atoms with Crippen LogP contribution in [0.25, 0.3) is 32.3 Å². The highest BCUT2D eigenvalue weighted by Crippen LogP contribution is 2.36. The van der Waals surface area contributed by atoms with E-state index in [9.17, 15) is 19.5 Å². The number of Topliss-reactive ketones (excluding diaryl/α,β-unsaturated/α-hetero) is 1. The van der Waals surface area contributed by atoms with Gasteiger partial charge in [-0.05, 0) is 90.4 Å². The van der Waals surface area contributed by atoms with E-state index in [4.69, 9.17) is 10.3 Å². The van der Waals surface area contributed by atoms with Crippen LogP contribution in [0.2, 0.25) is 0 Å². The molecule has 0 saturated carbocycles. The molecule has 10 heteroatoms. The molecule has 2 N–H and O–H groups in total. The van der Waals surface area contributed by atoms with Crippen LogP contribution in [0.3, 0.4) is 0 Å². The second-order valence-corrected chi connectivity index (χ2v) is 13.0. The number of nitrogens with one attached hydrogen (secondary N) is 1. The quantitative estimate of drug-likeness (QED) is 0.0342. The zero-order valence-corrected chi connectivity index (χ0v) is 29.6. The van der Waals surface area contributed by atoms with Gasteiger partial charge in [-0.2, -0.15) is 0 Å². The maximum Gasteiger partial charge on any atom is 0.303 e. The van der Waals surface area contributed by atoms with Crippen molar-refractivity contribution >= 4 is 28.4 Å². The van der Waals surface area contributed by atoms with E-state index in [1.165, 1.54) is 0 Å². The number of carboxylic acids is 1. The third kappa shape index (κ3) is 13.2. The lowest BCUT2D eigenvalue weighted by molar-refractivity contribution is -0.137. The van der Waals surface area contributed by atoms with Gasteiger partial charge in [0.2, 0.25) is 5.91 Å². The zero-order chi connectivity index (χ0) is 36.3. The number of fused-ring (bicyclic) bond motifs is 1. The van der Waals surface area contributed by atoms with Crippen LogP contribution in [0, 0.1) is 6.92 Å². The van der Waals surface area contributed by atoms with E-state index < -0.39 is 11.9 Å². The molecule has 0 bridgehead atoms. The Kier molecular flexibility index (Phi) is 16.0. The molecule has 0 aliphatic rings. The van der Waals surface area contributed by atoms with E-state index in [0.717, 1.165) is 95.8 Å². The first-order valence-electron chi connectivity index (χ1n) is 18.0. The summed E-state index contributed by atoms with van der Waals surface area (Å²) in [6.45, 7) is 3.11. The number of rotatable bonds is 23. The Hall–Kier alpha value is -5.21. The Morgan fingerprint density at radius 3 is 2.37 bits per heavy atom. The van der Waals surface area contributed by atoms with E-state index >= 15 is 0 Å². The largest absolute Gasteiger partial charge is 0.493 e. The Labute approximate surface area is 300 Å². The molecular weight excluding hydrogens is 642 g/mol.